The first kappa shape index (κ1) is 22.7. The van der Waals surface area contributed by atoms with Crippen molar-refractivity contribution in [1.82, 2.24) is 0 Å². The molecular formula is C26H23FN2O6. The van der Waals surface area contributed by atoms with Gasteiger partial charge in [-0.05, 0) is 30.3 Å². The number of methoxy groups -OCH3 is 3. The molecule has 0 aliphatic carbocycles. The maximum Gasteiger partial charge on any atom is 0.266 e. The highest BCUT2D eigenvalue weighted by atomic mass is 19.1. The van der Waals surface area contributed by atoms with Crippen molar-refractivity contribution in [1.29, 1.82) is 0 Å². The summed E-state index contributed by atoms with van der Waals surface area (Å²) < 4.78 is 31.1. The first-order valence-corrected chi connectivity index (χ1v) is 10.9. The first-order valence-electron chi connectivity index (χ1n) is 10.9. The molecule has 35 heavy (non-hydrogen) atoms. The van der Waals surface area contributed by atoms with Crippen LogP contribution in [0.1, 0.15) is 11.6 Å². The second kappa shape index (κ2) is 8.92. The Bertz CT molecular complexity index is 1280. The molecule has 2 amide bonds. The molecule has 0 spiro atoms. The van der Waals surface area contributed by atoms with E-state index in [1.807, 2.05) is 30.3 Å². The number of para-hydroxylation sites is 2. The van der Waals surface area contributed by atoms with Crippen molar-refractivity contribution in [3.05, 3.63) is 78.1 Å². The highest BCUT2D eigenvalue weighted by Gasteiger charge is 2.61. The number of hydrogen-bond acceptors (Lipinski definition) is 7. The largest absolute Gasteiger partial charge is 0.496 e. The number of ether oxygens (including phenoxy) is 3. The molecule has 0 saturated carbocycles. The van der Waals surface area contributed by atoms with Gasteiger partial charge in [0.2, 0.25) is 5.91 Å². The van der Waals surface area contributed by atoms with E-state index in [1.165, 1.54) is 44.6 Å². The third-order valence-electron chi connectivity index (χ3n) is 6.27. The van der Waals surface area contributed by atoms with E-state index in [-0.39, 0.29) is 5.69 Å². The van der Waals surface area contributed by atoms with Crippen LogP contribution in [-0.4, -0.2) is 39.2 Å². The van der Waals surface area contributed by atoms with E-state index in [0.717, 1.165) is 4.90 Å². The fourth-order valence-electron chi connectivity index (χ4n) is 4.68. The molecule has 2 saturated heterocycles. The molecule has 0 bridgehead atoms. The van der Waals surface area contributed by atoms with Gasteiger partial charge in [0.1, 0.15) is 23.5 Å². The number of anilines is 2. The highest BCUT2D eigenvalue weighted by Crippen LogP contribution is 2.51. The zero-order valence-electron chi connectivity index (χ0n) is 19.3. The van der Waals surface area contributed by atoms with E-state index in [9.17, 15) is 14.0 Å². The molecular weight excluding hydrogens is 455 g/mol. The molecule has 3 aromatic carbocycles. The Morgan fingerprint density at radius 1 is 0.800 bits per heavy atom. The van der Waals surface area contributed by atoms with E-state index in [4.69, 9.17) is 19.0 Å². The molecule has 0 aromatic heterocycles. The van der Waals surface area contributed by atoms with E-state index in [2.05, 4.69) is 0 Å². The van der Waals surface area contributed by atoms with Gasteiger partial charge in [-0.3, -0.25) is 14.4 Å². The fourth-order valence-corrected chi connectivity index (χ4v) is 4.68. The molecule has 3 atom stereocenters. The summed E-state index contributed by atoms with van der Waals surface area (Å²) in [5, 5.41) is 1.54. The normalized spacial score (nSPS) is 21.3. The number of carbonyl (C=O) groups excluding carboxylic acids is 2. The summed E-state index contributed by atoms with van der Waals surface area (Å²) in [7, 11) is 4.51. The zero-order chi connectivity index (χ0) is 24.7. The Labute approximate surface area is 201 Å². The van der Waals surface area contributed by atoms with Gasteiger partial charge >= 0.3 is 0 Å². The van der Waals surface area contributed by atoms with Gasteiger partial charge in [-0.1, -0.05) is 30.3 Å². The lowest BCUT2D eigenvalue weighted by Crippen LogP contribution is -2.38. The summed E-state index contributed by atoms with van der Waals surface area (Å²) in [6.07, 6.45) is -1.15. The first-order chi connectivity index (χ1) is 17.0. The van der Waals surface area contributed by atoms with Gasteiger partial charge in [0.25, 0.3) is 5.91 Å². The van der Waals surface area contributed by atoms with Crippen molar-refractivity contribution in [2.75, 3.05) is 31.3 Å². The van der Waals surface area contributed by atoms with Crippen molar-refractivity contribution in [3.8, 4) is 17.2 Å². The molecule has 0 N–H and O–H groups in total. The number of halogens is 1. The maximum atomic E-state index is 14.6. The van der Waals surface area contributed by atoms with Crippen molar-refractivity contribution >= 4 is 23.2 Å². The Kier molecular flexibility index (Phi) is 5.78. The number of benzene rings is 3. The summed E-state index contributed by atoms with van der Waals surface area (Å²) in [5.41, 5.74) is 1.09. The van der Waals surface area contributed by atoms with Crippen molar-refractivity contribution in [2.45, 2.75) is 12.1 Å². The molecule has 9 heteroatoms. The second-order valence-electron chi connectivity index (χ2n) is 8.07. The van der Waals surface area contributed by atoms with E-state index in [1.54, 1.807) is 18.2 Å². The number of nitrogens with zero attached hydrogens (tertiary/aromatic N) is 2. The van der Waals surface area contributed by atoms with Crippen molar-refractivity contribution in [3.63, 3.8) is 0 Å². The molecule has 2 aliphatic rings. The quantitative estimate of drug-likeness (QED) is 0.498. The Morgan fingerprint density at radius 3 is 2.09 bits per heavy atom. The molecule has 2 fully saturated rings. The summed E-state index contributed by atoms with van der Waals surface area (Å²) in [5.74, 6) is -1.55. The molecule has 8 nitrogen and oxygen atoms in total. The lowest BCUT2D eigenvalue weighted by Gasteiger charge is -2.30. The summed E-state index contributed by atoms with van der Waals surface area (Å²) >= 11 is 0. The SMILES string of the molecule is COc1cc(OC)c([C@@H]2[C@@H]3C(=O)N(c4ccccc4F)C(=O)[C@H]3ON2c2ccccc2)cc1OC. The van der Waals surface area contributed by atoms with Gasteiger partial charge in [-0.2, -0.15) is 0 Å². The van der Waals surface area contributed by atoms with E-state index >= 15 is 0 Å². The molecule has 2 aliphatic heterocycles. The van der Waals surface area contributed by atoms with Gasteiger partial charge in [-0.15, -0.1) is 0 Å². The van der Waals surface area contributed by atoms with Crippen LogP contribution >= 0.6 is 0 Å². The Balaban J connectivity index is 1.67. The number of fused-ring (bicyclic) bond motifs is 1. The molecule has 2 heterocycles. The number of hydroxylamine groups is 1. The lowest BCUT2D eigenvalue weighted by molar-refractivity contribution is -0.126. The van der Waals surface area contributed by atoms with Crippen LogP contribution in [0.4, 0.5) is 15.8 Å². The van der Waals surface area contributed by atoms with Crippen molar-refractivity contribution in [2.24, 2.45) is 5.92 Å². The molecule has 0 unspecified atom stereocenters. The average Bonchev–Trinajstić information content (AvgIpc) is 3.39. The number of imide groups is 1. The number of carbonyl (C=O) groups is 2. The number of hydrogen-bond donors (Lipinski definition) is 0. The predicted octanol–water partition coefficient (Wildman–Crippen LogP) is 3.90. The van der Waals surface area contributed by atoms with Crippen LogP contribution in [0.3, 0.4) is 0 Å². The van der Waals surface area contributed by atoms with Crippen LogP contribution in [0.15, 0.2) is 66.7 Å². The van der Waals surface area contributed by atoms with Gasteiger partial charge in [-0.25, -0.2) is 14.4 Å². The van der Waals surface area contributed by atoms with E-state index < -0.39 is 35.7 Å². The lowest BCUT2D eigenvalue weighted by atomic mass is 9.89. The minimum absolute atomic E-state index is 0.107. The molecule has 180 valence electrons. The summed E-state index contributed by atoms with van der Waals surface area (Å²) in [6.45, 7) is 0. The average molecular weight is 478 g/mol. The minimum atomic E-state index is -1.15. The van der Waals surface area contributed by atoms with Gasteiger partial charge < -0.3 is 14.2 Å². The zero-order valence-corrected chi connectivity index (χ0v) is 19.3. The van der Waals surface area contributed by atoms with Crippen LogP contribution in [-0.2, 0) is 14.4 Å². The van der Waals surface area contributed by atoms with Gasteiger partial charge in [0.15, 0.2) is 17.6 Å². The molecule has 3 aromatic rings. The Morgan fingerprint density at radius 2 is 1.43 bits per heavy atom. The standard InChI is InChI=1S/C26H23FN2O6/c1-32-19-14-21(34-3)20(33-2)13-16(19)23-22-24(35-29(23)15-9-5-4-6-10-15)26(31)28(25(22)30)18-12-8-7-11-17(18)27/h4-14,22-24H,1-3H3/t22-,23+,24-/m0/s1. The van der Waals surface area contributed by atoms with Crippen LogP contribution in [0.5, 0.6) is 17.2 Å². The van der Waals surface area contributed by atoms with Crippen molar-refractivity contribution < 1.29 is 33.0 Å². The fraction of sp³-hybridized carbons (Fsp3) is 0.231. The number of rotatable bonds is 6. The van der Waals surface area contributed by atoms with Gasteiger partial charge in [0, 0.05) is 11.6 Å². The summed E-state index contributed by atoms with van der Waals surface area (Å²) in [4.78, 5) is 34.1. The molecule has 0 radical (unpaired) electrons. The monoisotopic (exact) mass is 478 g/mol. The van der Waals surface area contributed by atoms with E-state index in [0.29, 0.717) is 28.5 Å². The topological polar surface area (TPSA) is 77.5 Å². The van der Waals surface area contributed by atoms with Crippen LogP contribution in [0.25, 0.3) is 0 Å². The van der Waals surface area contributed by atoms with Gasteiger partial charge in [0.05, 0.1) is 32.7 Å². The number of amides is 2. The molecule has 5 rings (SSSR count). The smallest absolute Gasteiger partial charge is 0.266 e. The van der Waals surface area contributed by atoms with Crippen LogP contribution in [0.2, 0.25) is 0 Å². The maximum absolute atomic E-state index is 14.6. The second-order valence-corrected chi connectivity index (χ2v) is 8.07. The third-order valence-corrected chi connectivity index (χ3v) is 6.27. The van der Waals surface area contributed by atoms with Crippen LogP contribution < -0.4 is 24.2 Å². The minimum Gasteiger partial charge on any atom is -0.496 e. The summed E-state index contributed by atoms with van der Waals surface area (Å²) in [6, 6.07) is 17.4. The predicted molar refractivity (Wildman–Crippen MR) is 125 cm³/mol. The third kappa shape index (κ3) is 3.55. The highest BCUT2D eigenvalue weighted by molar-refractivity contribution is 6.24. The Hall–Kier alpha value is -4.11. The van der Waals surface area contributed by atoms with Crippen LogP contribution in [0, 0.1) is 11.7 Å².